The van der Waals surface area contributed by atoms with E-state index in [2.05, 4.69) is 15.4 Å². The predicted octanol–water partition coefficient (Wildman–Crippen LogP) is 1.33. The molecule has 0 aliphatic heterocycles. The Labute approximate surface area is 116 Å². The van der Waals surface area contributed by atoms with E-state index in [0.29, 0.717) is 23.0 Å². The number of aryl methyl sites for hydroxylation is 1. The summed E-state index contributed by atoms with van der Waals surface area (Å²) in [6.45, 7) is 2.17. The van der Waals surface area contributed by atoms with Gasteiger partial charge in [0.15, 0.2) is 6.61 Å². The number of aromatic nitrogens is 4. The van der Waals surface area contributed by atoms with Crippen molar-refractivity contribution in [2.75, 3.05) is 0 Å². The van der Waals surface area contributed by atoms with Gasteiger partial charge in [0.25, 0.3) is 0 Å². The third-order valence-corrected chi connectivity index (χ3v) is 2.78. The monoisotopic (exact) mass is 281 g/mol. The SMILES string of the molecule is CC(N)Cc1cccc(Cl)c1OCc1nnn(C)n1. The molecule has 6 nitrogen and oxygen atoms in total. The third kappa shape index (κ3) is 3.65. The first-order chi connectivity index (χ1) is 9.06. The molecule has 7 heteroatoms. The second-order valence-corrected chi connectivity index (χ2v) is 4.80. The fourth-order valence-corrected chi connectivity index (χ4v) is 1.99. The largest absolute Gasteiger partial charge is 0.484 e. The van der Waals surface area contributed by atoms with Crippen LogP contribution in [0, 0.1) is 0 Å². The van der Waals surface area contributed by atoms with Crippen molar-refractivity contribution in [2.45, 2.75) is 26.0 Å². The van der Waals surface area contributed by atoms with Crippen molar-refractivity contribution >= 4 is 11.6 Å². The minimum atomic E-state index is 0.0375. The van der Waals surface area contributed by atoms with Crippen LogP contribution in [-0.2, 0) is 20.1 Å². The molecule has 1 heterocycles. The number of halogens is 1. The molecule has 0 saturated carbocycles. The molecule has 1 atom stereocenters. The molecule has 19 heavy (non-hydrogen) atoms. The average Bonchev–Trinajstić information content (AvgIpc) is 2.73. The van der Waals surface area contributed by atoms with Gasteiger partial charge in [0, 0.05) is 6.04 Å². The van der Waals surface area contributed by atoms with Crippen molar-refractivity contribution in [1.82, 2.24) is 20.2 Å². The van der Waals surface area contributed by atoms with Gasteiger partial charge >= 0.3 is 0 Å². The Balaban J connectivity index is 2.14. The number of benzene rings is 1. The van der Waals surface area contributed by atoms with Gasteiger partial charge in [0.05, 0.1) is 12.1 Å². The number of nitrogens with zero attached hydrogens (tertiary/aromatic N) is 4. The highest BCUT2D eigenvalue weighted by Gasteiger charge is 2.11. The highest BCUT2D eigenvalue weighted by molar-refractivity contribution is 6.32. The second kappa shape index (κ2) is 5.99. The number of nitrogens with two attached hydrogens (primary N) is 1. The first-order valence-electron chi connectivity index (χ1n) is 5.95. The normalized spacial score (nSPS) is 12.4. The summed E-state index contributed by atoms with van der Waals surface area (Å²) >= 11 is 6.16. The van der Waals surface area contributed by atoms with Crippen molar-refractivity contribution in [1.29, 1.82) is 0 Å². The van der Waals surface area contributed by atoms with Gasteiger partial charge in [0.2, 0.25) is 5.82 Å². The van der Waals surface area contributed by atoms with Crippen LogP contribution in [0.2, 0.25) is 5.02 Å². The van der Waals surface area contributed by atoms with Crippen molar-refractivity contribution in [2.24, 2.45) is 12.8 Å². The summed E-state index contributed by atoms with van der Waals surface area (Å²) in [6, 6.07) is 5.66. The zero-order chi connectivity index (χ0) is 13.8. The molecule has 0 aliphatic rings. The summed E-state index contributed by atoms with van der Waals surface area (Å²) in [5.74, 6) is 1.14. The molecule has 0 saturated heterocycles. The lowest BCUT2D eigenvalue weighted by atomic mass is 10.1. The van der Waals surface area contributed by atoms with E-state index in [1.807, 2.05) is 19.1 Å². The molecule has 0 spiro atoms. The number of ether oxygens (including phenoxy) is 1. The molecule has 2 N–H and O–H groups in total. The molecule has 1 unspecified atom stereocenters. The zero-order valence-electron chi connectivity index (χ0n) is 10.9. The van der Waals surface area contributed by atoms with Crippen LogP contribution in [0.1, 0.15) is 18.3 Å². The topological polar surface area (TPSA) is 78.9 Å². The third-order valence-electron chi connectivity index (χ3n) is 2.49. The lowest BCUT2D eigenvalue weighted by Gasteiger charge is -2.13. The molecular weight excluding hydrogens is 266 g/mol. The van der Waals surface area contributed by atoms with E-state index in [4.69, 9.17) is 22.1 Å². The van der Waals surface area contributed by atoms with Crippen LogP contribution in [0.15, 0.2) is 18.2 Å². The molecule has 2 rings (SSSR count). The lowest BCUT2D eigenvalue weighted by Crippen LogP contribution is -2.18. The van der Waals surface area contributed by atoms with Crippen LogP contribution in [-0.4, -0.2) is 26.2 Å². The van der Waals surface area contributed by atoms with Crippen molar-refractivity contribution in [3.63, 3.8) is 0 Å². The quantitative estimate of drug-likeness (QED) is 0.894. The van der Waals surface area contributed by atoms with E-state index in [1.165, 1.54) is 4.80 Å². The lowest BCUT2D eigenvalue weighted by molar-refractivity contribution is 0.292. The van der Waals surface area contributed by atoms with Crippen LogP contribution in [0.4, 0.5) is 0 Å². The number of hydrogen-bond acceptors (Lipinski definition) is 5. The van der Waals surface area contributed by atoms with Crippen molar-refractivity contribution in [3.8, 4) is 5.75 Å². The Bertz CT molecular complexity index is 555. The van der Waals surface area contributed by atoms with Gasteiger partial charge in [-0.3, -0.25) is 0 Å². The zero-order valence-corrected chi connectivity index (χ0v) is 11.6. The van der Waals surface area contributed by atoms with Crippen LogP contribution in [0.5, 0.6) is 5.75 Å². The number of tetrazole rings is 1. The Morgan fingerprint density at radius 1 is 1.47 bits per heavy atom. The first kappa shape index (κ1) is 13.8. The Morgan fingerprint density at radius 2 is 2.26 bits per heavy atom. The van der Waals surface area contributed by atoms with Gasteiger partial charge in [-0.15, -0.1) is 10.2 Å². The summed E-state index contributed by atoms with van der Waals surface area (Å²) in [4.78, 5) is 1.38. The van der Waals surface area contributed by atoms with E-state index in [0.717, 1.165) is 5.56 Å². The van der Waals surface area contributed by atoms with Crippen molar-refractivity contribution in [3.05, 3.63) is 34.6 Å². The minimum absolute atomic E-state index is 0.0375. The van der Waals surface area contributed by atoms with E-state index in [9.17, 15) is 0 Å². The molecule has 0 amide bonds. The second-order valence-electron chi connectivity index (χ2n) is 4.39. The summed E-state index contributed by atoms with van der Waals surface area (Å²) in [5, 5.41) is 12.2. The maximum atomic E-state index is 6.16. The molecule has 2 aromatic rings. The predicted molar refractivity (Wildman–Crippen MR) is 71.9 cm³/mol. The average molecular weight is 282 g/mol. The molecular formula is C12H16ClN5O. The molecule has 0 aliphatic carbocycles. The fraction of sp³-hybridized carbons (Fsp3) is 0.417. The minimum Gasteiger partial charge on any atom is -0.484 e. The van der Waals surface area contributed by atoms with Crippen molar-refractivity contribution < 1.29 is 4.74 Å². The molecule has 1 aromatic carbocycles. The van der Waals surface area contributed by atoms with E-state index < -0.39 is 0 Å². The highest BCUT2D eigenvalue weighted by Crippen LogP contribution is 2.29. The Morgan fingerprint density at radius 3 is 2.89 bits per heavy atom. The maximum Gasteiger partial charge on any atom is 0.212 e. The molecule has 0 radical (unpaired) electrons. The van der Waals surface area contributed by atoms with Gasteiger partial charge < -0.3 is 10.5 Å². The van der Waals surface area contributed by atoms with Crippen LogP contribution >= 0.6 is 11.6 Å². The molecule has 0 fully saturated rings. The first-order valence-corrected chi connectivity index (χ1v) is 6.32. The van der Waals surface area contributed by atoms with E-state index in [1.54, 1.807) is 13.1 Å². The Kier molecular flexibility index (Phi) is 4.34. The van der Waals surface area contributed by atoms with E-state index in [-0.39, 0.29) is 12.6 Å². The number of rotatable bonds is 5. The molecule has 102 valence electrons. The van der Waals surface area contributed by atoms with Crippen LogP contribution in [0.25, 0.3) is 0 Å². The molecule has 0 bridgehead atoms. The maximum absolute atomic E-state index is 6.16. The van der Waals surface area contributed by atoms with E-state index >= 15 is 0 Å². The number of para-hydroxylation sites is 1. The van der Waals surface area contributed by atoms with Gasteiger partial charge in [-0.1, -0.05) is 23.7 Å². The van der Waals surface area contributed by atoms with Gasteiger partial charge in [0.1, 0.15) is 5.75 Å². The smallest absolute Gasteiger partial charge is 0.212 e. The Hall–Kier alpha value is -1.66. The van der Waals surface area contributed by atoms with Crippen LogP contribution < -0.4 is 10.5 Å². The molecule has 1 aromatic heterocycles. The summed E-state index contributed by atoms with van der Waals surface area (Å²) < 4.78 is 5.70. The van der Waals surface area contributed by atoms with Gasteiger partial charge in [-0.25, -0.2) is 0 Å². The summed E-state index contributed by atoms with van der Waals surface area (Å²) in [6.07, 6.45) is 0.698. The van der Waals surface area contributed by atoms with Crippen LogP contribution in [0.3, 0.4) is 0 Å². The summed E-state index contributed by atoms with van der Waals surface area (Å²) in [5.41, 5.74) is 6.80. The summed E-state index contributed by atoms with van der Waals surface area (Å²) in [7, 11) is 1.70. The van der Waals surface area contributed by atoms with Gasteiger partial charge in [-0.2, -0.15) is 4.80 Å². The number of hydrogen-bond donors (Lipinski definition) is 1. The fourth-order valence-electron chi connectivity index (χ4n) is 1.74. The standard InChI is InChI=1S/C12H16ClN5O/c1-8(14)6-9-4-3-5-10(13)12(9)19-7-11-15-17-18(2)16-11/h3-5,8H,6-7,14H2,1-2H3. The highest BCUT2D eigenvalue weighted by atomic mass is 35.5. The van der Waals surface area contributed by atoms with Gasteiger partial charge in [-0.05, 0) is 30.2 Å².